The number of guanidine groups is 1. The standard InChI is InChI=1S/C22H30ClN5O2/c1-2-25-22(26-17-21(29)18-7-9-24-10-8-18)28-13-11-27(12-14-28)15-16-30-20-5-3-19(23)4-6-20/h3-10,21,29H,2,11-17H2,1H3,(H,25,26). The van der Waals surface area contributed by atoms with E-state index in [1.54, 1.807) is 12.4 Å². The van der Waals surface area contributed by atoms with Crippen LogP contribution in [0.25, 0.3) is 0 Å². The third-order valence-corrected chi connectivity index (χ3v) is 5.25. The Morgan fingerprint density at radius 3 is 2.53 bits per heavy atom. The van der Waals surface area contributed by atoms with Crippen LogP contribution >= 0.6 is 11.6 Å². The van der Waals surface area contributed by atoms with Crippen molar-refractivity contribution in [3.63, 3.8) is 0 Å². The molecule has 7 nitrogen and oxygen atoms in total. The van der Waals surface area contributed by atoms with Gasteiger partial charge in [-0.3, -0.25) is 14.9 Å². The van der Waals surface area contributed by atoms with Crippen LogP contribution in [0.1, 0.15) is 18.6 Å². The quantitative estimate of drug-likeness (QED) is 0.494. The zero-order valence-electron chi connectivity index (χ0n) is 17.4. The first-order chi connectivity index (χ1) is 14.7. The van der Waals surface area contributed by atoms with E-state index in [1.165, 1.54) is 0 Å². The zero-order valence-corrected chi connectivity index (χ0v) is 18.1. The maximum atomic E-state index is 10.4. The Morgan fingerprint density at radius 2 is 1.87 bits per heavy atom. The number of benzene rings is 1. The second kappa shape index (κ2) is 11.7. The van der Waals surface area contributed by atoms with Gasteiger partial charge in [0.25, 0.3) is 0 Å². The Bertz CT molecular complexity index is 780. The summed E-state index contributed by atoms with van der Waals surface area (Å²) in [5.74, 6) is 1.69. The van der Waals surface area contributed by atoms with Crippen molar-refractivity contribution in [1.29, 1.82) is 0 Å². The minimum atomic E-state index is -0.632. The average Bonchev–Trinajstić information content (AvgIpc) is 2.79. The molecule has 1 unspecified atom stereocenters. The fraction of sp³-hybridized carbons (Fsp3) is 0.455. The van der Waals surface area contributed by atoms with Gasteiger partial charge in [-0.2, -0.15) is 0 Å². The average molecular weight is 432 g/mol. The minimum absolute atomic E-state index is 0.321. The Kier molecular flexibility index (Phi) is 8.74. The van der Waals surface area contributed by atoms with Gasteiger partial charge in [0.2, 0.25) is 0 Å². The maximum Gasteiger partial charge on any atom is 0.194 e. The van der Waals surface area contributed by atoms with Gasteiger partial charge in [0.15, 0.2) is 5.96 Å². The van der Waals surface area contributed by atoms with Gasteiger partial charge in [-0.25, -0.2) is 0 Å². The van der Waals surface area contributed by atoms with E-state index in [4.69, 9.17) is 16.3 Å². The predicted octanol–water partition coefficient (Wildman–Crippen LogP) is 2.43. The molecule has 8 heteroatoms. The minimum Gasteiger partial charge on any atom is -0.492 e. The van der Waals surface area contributed by atoms with E-state index in [0.29, 0.717) is 18.2 Å². The van der Waals surface area contributed by atoms with Gasteiger partial charge in [-0.05, 0) is 48.9 Å². The third kappa shape index (κ3) is 6.86. The van der Waals surface area contributed by atoms with Crippen LogP contribution in [0, 0.1) is 0 Å². The molecule has 1 saturated heterocycles. The van der Waals surface area contributed by atoms with Gasteiger partial charge >= 0.3 is 0 Å². The SMILES string of the molecule is CCNC(=NCC(O)c1ccncc1)N1CCN(CCOc2ccc(Cl)cc2)CC1. The Labute approximate surface area is 183 Å². The Balaban J connectivity index is 1.44. The van der Waals surface area contributed by atoms with Crippen LogP contribution in [0.15, 0.2) is 53.8 Å². The van der Waals surface area contributed by atoms with Crippen LogP contribution in [-0.2, 0) is 0 Å². The summed E-state index contributed by atoms with van der Waals surface area (Å²) in [6.07, 6.45) is 2.74. The molecule has 2 N–H and O–H groups in total. The van der Waals surface area contributed by atoms with E-state index in [1.807, 2.05) is 36.4 Å². The lowest BCUT2D eigenvalue weighted by Crippen LogP contribution is -2.53. The van der Waals surface area contributed by atoms with Crippen molar-refractivity contribution in [3.05, 3.63) is 59.4 Å². The lowest BCUT2D eigenvalue weighted by molar-refractivity contribution is 0.151. The van der Waals surface area contributed by atoms with Crippen LogP contribution in [0.3, 0.4) is 0 Å². The van der Waals surface area contributed by atoms with Crippen LogP contribution in [-0.4, -0.2) is 78.3 Å². The van der Waals surface area contributed by atoms with Crippen molar-refractivity contribution in [1.82, 2.24) is 20.1 Å². The highest BCUT2D eigenvalue weighted by Crippen LogP contribution is 2.15. The smallest absolute Gasteiger partial charge is 0.194 e. The number of ether oxygens (including phenoxy) is 1. The van der Waals surface area contributed by atoms with Crippen molar-refractivity contribution in [2.45, 2.75) is 13.0 Å². The maximum absolute atomic E-state index is 10.4. The summed E-state index contributed by atoms with van der Waals surface area (Å²) in [5.41, 5.74) is 0.829. The number of aliphatic imine (C=N–C) groups is 1. The van der Waals surface area contributed by atoms with E-state index in [0.717, 1.165) is 56.5 Å². The molecule has 1 fully saturated rings. The zero-order chi connectivity index (χ0) is 21.2. The highest BCUT2D eigenvalue weighted by atomic mass is 35.5. The van der Waals surface area contributed by atoms with Crippen molar-refractivity contribution in [3.8, 4) is 5.75 Å². The lowest BCUT2D eigenvalue weighted by atomic mass is 10.1. The Morgan fingerprint density at radius 1 is 1.17 bits per heavy atom. The first kappa shape index (κ1) is 22.3. The Hall–Kier alpha value is -2.35. The highest BCUT2D eigenvalue weighted by molar-refractivity contribution is 6.30. The molecule has 30 heavy (non-hydrogen) atoms. The van der Waals surface area contributed by atoms with Crippen LogP contribution in [0.4, 0.5) is 0 Å². The van der Waals surface area contributed by atoms with E-state index in [2.05, 4.69) is 32.0 Å². The second-order valence-electron chi connectivity index (χ2n) is 7.12. The number of aliphatic hydroxyl groups excluding tert-OH is 1. The normalized spacial score (nSPS) is 16.4. The number of aromatic nitrogens is 1. The number of hydrogen-bond donors (Lipinski definition) is 2. The molecule has 0 amide bonds. The molecule has 0 aliphatic carbocycles. The summed E-state index contributed by atoms with van der Waals surface area (Å²) in [6, 6.07) is 11.1. The molecule has 1 aromatic carbocycles. The summed E-state index contributed by atoms with van der Waals surface area (Å²) in [6.45, 7) is 8.36. The summed E-state index contributed by atoms with van der Waals surface area (Å²) in [4.78, 5) is 13.3. The molecular weight excluding hydrogens is 402 g/mol. The number of halogens is 1. The fourth-order valence-electron chi connectivity index (χ4n) is 3.30. The fourth-order valence-corrected chi connectivity index (χ4v) is 3.42. The topological polar surface area (TPSA) is 73.2 Å². The monoisotopic (exact) mass is 431 g/mol. The molecular formula is C22H30ClN5O2. The number of hydrogen-bond acceptors (Lipinski definition) is 5. The highest BCUT2D eigenvalue weighted by Gasteiger charge is 2.20. The number of pyridine rings is 1. The third-order valence-electron chi connectivity index (χ3n) is 5.00. The molecule has 0 spiro atoms. The molecule has 2 aromatic rings. The number of rotatable bonds is 8. The lowest BCUT2D eigenvalue weighted by Gasteiger charge is -2.36. The van der Waals surface area contributed by atoms with Gasteiger partial charge in [-0.15, -0.1) is 0 Å². The number of nitrogens with zero attached hydrogens (tertiary/aromatic N) is 4. The molecule has 1 aliphatic rings. The first-order valence-corrected chi connectivity index (χ1v) is 10.8. The molecule has 0 bridgehead atoms. The van der Waals surface area contributed by atoms with Gasteiger partial charge in [-0.1, -0.05) is 11.6 Å². The van der Waals surface area contributed by atoms with Gasteiger partial charge in [0.05, 0.1) is 12.6 Å². The van der Waals surface area contributed by atoms with Crippen molar-refractivity contribution < 1.29 is 9.84 Å². The van der Waals surface area contributed by atoms with Crippen molar-refractivity contribution in [2.24, 2.45) is 4.99 Å². The van der Waals surface area contributed by atoms with Crippen molar-refractivity contribution in [2.75, 3.05) is 52.4 Å². The summed E-state index contributed by atoms with van der Waals surface area (Å²) >= 11 is 5.90. The predicted molar refractivity (Wildman–Crippen MR) is 120 cm³/mol. The molecule has 1 atom stereocenters. The van der Waals surface area contributed by atoms with Crippen LogP contribution in [0.2, 0.25) is 5.02 Å². The largest absolute Gasteiger partial charge is 0.492 e. The number of aliphatic hydroxyl groups is 1. The number of nitrogens with one attached hydrogen (secondary N) is 1. The van der Waals surface area contributed by atoms with E-state index >= 15 is 0 Å². The molecule has 1 aliphatic heterocycles. The molecule has 2 heterocycles. The first-order valence-electron chi connectivity index (χ1n) is 10.4. The summed E-state index contributed by atoms with van der Waals surface area (Å²) < 4.78 is 5.80. The number of piperazine rings is 1. The molecule has 0 saturated carbocycles. The molecule has 0 radical (unpaired) electrons. The van der Waals surface area contributed by atoms with E-state index in [-0.39, 0.29) is 0 Å². The summed E-state index contributed by atoms with van der Waals surface area (Å²) in [5, 5.41) is 14.4. The van der Waals surface area contributed by atoms with E-state index in [9.17, 15) is 5.11 Å². The second-order valence-corrected chi connectivity index (χ2v) is 7.56. The molecule has 3 rings (SSSR count). The van der Waals surface area contributed by atoms with Gasteiger partial charge in [0.1, 0.15) is 12.4 Å². The van der Waals surface area contributed by atoms with Gasteiger partial charge in [0, 0.05) is 56.7 Å². The molecule has 162 valence electrons. The van der Waals surface area contributed by atoms with Crippen LogP contribution < -0.4 is 10.1 Å². The summed E-state index contributed by atoms with van der Waals surface area (Å²) in [7, 11) is 0. The molecule has 1 aromatic heterocycles. The van der Waals surface area contributed by atoms with Crippen LogP contribution in [0.5, 0.6) is 5.75 Å². The van der Waals surface area contributed by atoms with Crippen molar-refractivity contribution >= 4 is 17.6 Å². The van der Waals surface area contributed by atoms with E-state index < -0.39 is 6.10 Å². The van der Waals surface area contributed by atoms with Gasteiger partial charge < -0.3 is 20.1 Å².